The van der Waals surface area contributed by atoms with Gasteiger partial charge >= 0.3 is 0 Å². The third-order valence-electron chi connectivity index (χ3n) is 3.15. The van der Waals surface area contributed by atoms with Crippen molar-refractivity contribution in [1.82, 2.24) is 9.88 Å². The van der Waals surface area contributed by atoms with Gasteiger partial charge in [0, 0.05) is 35.6 Å². The van der Waals surface area contributed by atoms with Gasteiger partial charge in [0.1, 0.15) is 5.82 Å². The van der Waals surface area contributed by atoms with Crippen molar-refractivity contribution in [2.75, 3.05) is 6.54 Å². The van der Waals surface area contributed by atoms with E-state index in [1.165, 1.54) is 11.6 Å². The number of benzene rings is 1. The first-order valence-corrected chi connectivity index (χ1v) is 6.81. The van der Waals surface area contributed by atoms with Crippen LogP contribution in [0, 0.1) is 5.82 Å². The standard InChI is InChI=1S/C15H18ClFN2/c1-3-18-11(2)12-6-7-19(9-12)10-13-4-5-14(16)8-15(13)17/h4-9,11,18H,3,10H2,1-2H3. The molecule has 0 fully saturated rings. The summed E-state index contributed by atoms with van der Waals surface area (Å²) < 4.78 is 15.7. The van der Waals surface area contributed by atoms with Gasteiger partial charge in [-0.3, -0.25) is 0 Å². The Morgan fingerprint density at radius 3 is 2.84 bits per heavy atom. The van der Waals surface area contributed by atoms with Crippen molar-refractivity contribution in [2.45, 2.75) is 26.4 Å². The van der Waals surface area contributed by atoms with E-state index in [9.17, 15) is 4.39 Å². The lowest BCUT2D eigenvalue weighted by Crippen LogP contribution is -2.17. The van der Waals surface area contributed by atoms with Crippen LogP contribution in [0.25, 0.3) is 0 Å². The van der Waals surface area contributed by atoms with Crippen LogP contribution >= 0.6 is 11.6 Å². The Kier molecular flexibility index (Phi) is 4.61. The molecule has 0 spiro atoms. The Balaban J connectivity index is 2.11. The largest absolute Gasteiger partial charge is 0.349 e. The lowest BCUT2D eigenvalue weighted by Gasteiger charge is -2.10. The van der Waals surface area contributed by atoms with Gasteiger partial charge in [0.25, 0.3) is 0 Å². The Bertz CT molecular complexity index is 551. The Morgan fingerprint density at radius 2 is 2.16 bits per heavy atom. The molecule has 1 aromatic carbocycles. The molecule has 2 nitrogen and oxygen atoms in total. The van der Waals surface area contributed by atoms with Crippen molar-refractivity contribution < 1.29 is 4.39 Å². The summed E-state index contributed by atoms with van der Waals surface area (Å²) in [6.07, 6.45) is 4.01. The molecule has 0 amide bonds. The minimum absolute atomic E-state index is 0.262. The SMILES string of the molecule is CCNC(C)c1ccn(Cc2ccc(Cl)cc2F)c1. The maximum absolute atomic E-state index is 13.7. The number of aromatic nitrogens is 1. The van der Waals surface area contributed by atoms with E-state index in [2.05, 4.69) is 25.2 Å². The van der Waals surface area contributed by atoms with E-state index in [0.717, 1.165) is 6.54 Å². The summed E-state index contributed by atoms with van der Waals surface area (Å²) in [7, 11) is 0. The zero-order valence-electron chi connectivity index (χ0n) is 11.2. The van der Waals surface area contributed by atoms with Crippen LogP contribution in [-0.4, -0.2) is 11.1 Å². The quantitative estimate of drug-likeness (QED) is 0.876. The zero-order chi connectivity index (χ0) is 13.8. The first-order valence-electron chi connectivity index (χ1n) is 6.43. The van der Waals surface area contributed by atoms with Gasteiger partial charge in [0.2, 0.25) is 0 Å². The summed E-state index contributed by atoms with van der Waals surface area (Å²) in [5.74, 6) is -0.262. The maximum atomic E-state index is 13.7. The first-order chi connectivity index (χ1) is 9.10. The molecule has 1 aromatic heterocycles. The van der Waals surface area contributed by atoms with Gasteiger partial charge in [0.05, 0.1) is 0 Å². The Hall–Kier alpha value is -1.32. The molecule has 1 N–H and O–H groups in total. The van der Waals surface area contributed by atoms with Gasteiger partial charge in [-0.05, 0) is 37.2 Å². The molecule has 0 saturated carbocycles. The predicted octanol–water partition coefficient (Wildman–Crippen LogP) is 4.00. The molecule has 1 atom stereocenters. The molecule has 0 aliphatic carbocycles. The van der Waals surface area contributed by atoms with E-state index in [1.54, 1.807) is 12.1 Å². The molecule has 0 saturated heterocycles. The number of rotatable bonds is 5. The highest BCUT2D eigenvalue weighted by atomic mass is 35.5. The van der Waals surface area contributed by atoms with Gasteiger partial charge in [-0.25, -0.2) is 4.39 Å². The molecular weight excluding hydrogens is 263 g/mol. The molecule has 0 aliphatic heterocycles. The Labute approximate surface area is 118 Å². The fourth-order valence-corrected chi connectivity index (χ4v) is 2.24. The minimum atomic E-state index is -0.262. The average molecular weight is 281 g/mol. The van der Waals surface area contributed by atoms with Gasteiger partial charge in [-0.15, -0.1) is 0 Å². The fraction of sp³-hybridized carbons (Fsp3) is 0.333. The third-order valence-corrected chi connectivity index (χ3v) is 3.39. The second kappa shape index (κ2) is 6.22. The topological polar surface area (TPSA) is 17.0 Å². The summed E-state index contributed by atoms with van der Waals surface area (Å²) in [5, 5.41) is 3.78. The van der Waals surface area contributed by atoms with Crippen LogP contribution in [0.5, 0.6) is 0 Å². The number of hydrogen-bond acceptors (Lipinski definition) is 1. The maximum Gasteiger partial charge on any atom is 0.129 e. The molecule has 1 unspecified atom stereocenters. The van der Waals surface area contributed by atoms with E-state index < -0.39 is 0 Å². The van der Waals surface area contributed by atoms with Crippen molar-refractivity contribution >= 4 is 11.6 Å². The van der Waals surface area contributed by atoms with Crippen molar-refractivity contribution in [1.29, 1.82) is 0 Å². The highest BCUT2D eigenvalue weighted by Gasteiger charge is 2.07. The third kappa shape index (κ3) is 3.58. The summed E-state index contributed by atoms with van der Waals surface area (Å²) >= 11 is 5.75. The number of halogens is 2. The molecule has 0 bridgehead atoms. The molecule has 2 rings (SSSR count). The van der Waals surface area contributed by atoms with Gasteiger partial charge in [-0.2, -0.15) is 0 Å². The van der Waals surface area contributed by atoms with Crippen molar-refractivity contribution in [3.05, 3.63) is 58.6 Å². The summed E-state index contributed by atoms with van der Waals surface area (Å²) in [6, 6.07) is 7.15. The van der Waals surface area contributed by atoms with Crippen molar-refractivity contribution in [2.24, 2.45) is 0 Å². The van der Waals surface area contributed by atoms with Crippen LogP contribution < -0.4 is 5.32 Å². The summed E-state index contributed by atoms with van der Waals surface area (Å²) in [4.78, 5) is 0. The second-order valence-corrected chi connectivity index (χ2v) is 5.07. The predicted molar refractivity (Wildman–Crippen MR) is 77.0 cm³/mol. The smallest absolute Gasteiger partial charge is 0.129 e. The zero-order valence-corrected chi connectivity index (χ0v) is 11.9. The van der Waals surface area contributed by atoms with Crippen LogP contribution in [0.15, 0.2) is 36.7 Å². The summed E-state index contributed by atoms with van der Waals surface area (Å²) in [5.41, 5.74) is 1.85. The van der Waals surface area contributed by atoms with Crippen LogP contribution in [0.4, 0.5) is 4.39 Å². The molecule has 2 aromatic rings. The van der Waals surface area contributed by atoms with Gasteiger partial charge < -0.3 is 9.88 Å². The van der Waals surface area contributed by atoms with E-state index in [1.807, 2.05) is 17.0 Å². The van der Waals surface area contributed by atoms with Crippen LogP contribution in [0.2, 0.25) is 5.02 Å². The van der Waals surface area contributed by atoms with Crippen molar-refractivity contribution in [3.63, 3.8) is 0 Å². The molecule has 1 heterocycles. The van der Waals surface area contributed by atoms with E-state index in [-0.39, 0.29) is 5.82 Å². The van der Waals surface area contributed by atoms with E-state index in [4.69, 9.17) is 11.6 Å². The normalized spacial score (nSPS) is 12.6. The number of hydrogen-bond donors (Lipinski definition) is 1. The fourth-order valence-electron chi connectivity index (χ4n) is 2.08. The first kappa shape index (κ1) is 14.1. The lowest BCUT2D eigenvalue weighted by atomic mass is 10.2. The molecule has 0 aliphatic rings. The van der Waals surface area contributed by atoms with E-state index in [0.29, 0.717) is 23.2 Å². The number of nitrogens with one attached hydrogen (secondary N) is 1. The summed E-state index contributed by atoms with van der Waals surface area (Å²) in [6.45, 7) is 5.64. The highest BCUT2D eigenvalue weighted by Crippen LogP contribution is 2.17. The molecule has 19 heavy (non-hydrogen) atoms. The van der Waals surface area contributed by atoms with Crippen LogP contribution in [0.3, 0.4) is 0 Å². The monoisotopic (exact) mass is 280 g/mol. The van der Waals surface area contributed by atoms with E-state index >= 15 is 0 Å². The minimum Gasteiger partial charge on any atom is -0.349 e. The average Bonchev–Trinajstić information content (AvgIpc) is 2.82. The highest BCUT2D eigenvalue weighted by molar-refractivity contribution is 6.30. The van der Waals surface area contributed by atoms with Crippen molar-refractivity contribution in [3.8, 4) is 0 Å². The molecule has 4 heteroatoms. The van der Waals surface area contributed by atoms with Crippen LogP contribution in [0.1, 0.15) is 31.0 Å². The second-order valence-electron chi connectivity index (χ2n) is 4.63. The molecule has 102 valence electrons. The molecular formula is C15H18ClFN2. The molecule has 0 radical (unpaired) electrons. The van der Waals surface area contributed by atoms with Gasteiger partial charge in [0.15, 0.2) is 0 Å². The van der Waals surface area contributed by atoms with Crippen LogP contribution in [-0.2, 0) is 6.54 Å². The lowest BCUT2D eigenvalue weighted by molar-refractivity contribution is 0.591. The Morgan fingerprint density at radius 1 is 1.37 bits per heavy atom. The van der Waals surface area contributed by atoms with Gasteiger partial charge in [-0.1, -0.05) is 24.6 Å². The number of nitrogens with zero attached hydrogens (tertiary/aromatic N) is 1.